The third-order valence-electron chi connectivity index (χ3n) is 2.50. The van der Waals surface area contributed by atoms with Gasteiger partial charge in [0.05, 0.1) is 4.90 Å². The topological polar surface area (TPSA) is 66.4 Å². The second kappa shape index (κ2) is 5.73. The zero-order chi connectivity index (χ0) is 13.9. The molecule has 6 heteroatoms. The van der Waals surface area contributed by atoms with Crippen LogP contribution in [0.5, 0.6) is 5.75 Å². The molecule has 0 amide bonds. The fourth-order valence-corrected chi connectivity index (χ4v) is 3.60. The van der Waals surface area contributed by atoms with Crippen LogP contribution in [0, 0.1) is 0 Å². The molecule has 19 heavy (non-hydrogen) atoms. The summed E-state index contributed by atoms with van der Waals surface area (Å²) >= 11 is 3.21. The average Bonchev–Trinajstić information content (AvgIpc) is 2.37. The Morgan fingerprint density at radius 2 is 1.84 bits per heavy atom. The lowest BCUT2D eigenvalue weighted by Gasteiger charge is -2.08. The summed E-state index contributed by atoms with van der Waals surface area (Å²) in [7, 11) is -3.58. The Morgan fingerprint density at radius 1 is 1.11 bits per heavy atom. The molecular formula is C13H12BrNO3S. The number of nitrogens with one attached hydrogen (secondary N) is 1. The summed E-state index contributed by atoms with van der Waals surface area (Å²) in [4.78, 5) is 0.190. The van der Waals surface area contributed by atoms with Crippen LogP contribution < -0.4 is 4.72 Å². The van der Waals surface area contributed by atoms with E-state index in [4.69, 9.17) is 0 Å². The summed E-state index contributed by atoms with van der Waals surface area (Å²) in [5.74, 6) is 0.109. The fourth-order valence-electron chi connectivity index (χ4n) is 1.59. The van der Waals surface area contributed by atoms with Crippen LogP contribution in [0.3, 0.4) is 0 Å². The van der Waals surface area contributed by atoms with Gasteiger partial charge in [-0.1, -0.05) is 24.3 Å². The molecule has 0 radical (unpaired) electrons. The molecular weight excluding hydrogens is 330 g/mol. The van der Waals surface area contributed by atoms with Crippen LogP contribution in [-0.2, 0) is 16.6 Å². The molecule has 0 aliphatic rings. The van der Waals surface area contributed by atoms with Crippen LogP contribution in [0.1, 0.15) is 5.56 Å². The quantitative estimate of drug-likeness (QED) is 0.898. The van der Waals surface area contributed by atoms with Gasteiger partial charge in [0.1, 0.15) is 5.75 Å². The van der Waals surface area contributed by atoms with Crippen LogP contribution >= 0.6 is 15.9 Å². The minimum atomic E-state index is -3.58. The number of phenolic OH excluding ortho intramolecular Hbond substituents is 1. The highest BCUT2D eigenvalue weighted by atomic mass is 79.9. The summed E-state index contributed by atoms with van der Waals surface area (Å²) in [6.07, 6.45) is 0. The predicted molar refractivity (Wildman–Crippen MR) is 76.3 cm³/mol. The molecule has 2 rings (SSSR count). The lowest BCUT2D eigenvalue weighted by atomic mass is 10.2. The van der Waals surface area contributed by atoms with Gasteiger partial charge in [-0.05, 0) is 45.8 Å². The molecule has 100 valence electrons. The number of benzene rings is 2. The van der Waals surface area contributed by atoms with Crippen LogP contribution in [-0.4, -0.2) is 13.5 Å². The molecule has 2 N–H and O–H groups in total. The summed E-state index contributed by atoms with van der Waals surface area (Å²) in [6, 6.07) is 13.1. The van der Waals surface area contributed by atoms with Crippen molar-refractivity contribution in [3.8, 4) is 5.75 Å². The van der Waals surface area contributed by atoms with Gasteiger partial charge < -0.3 is 5.11 Å². The molecule has 0 saturated heterocycles. The number of phenols is 1. The third kappa shape index (κ3) is 3.56. The first-order valence-electron chi connectivity index (χ1n) is 5.51. The van der Waals surface area contributed by atoms with E-state index in [9.17, 15) is 13.5 Å². The number of hydrogen-bond acceptors (Lipinski definition) is 3. The minimum Gasteiger partial charge on any atom is -0.508 e. The first-order valence-corrected chi connectivity index (χ1v) is 7.79. The maximum absolute atomic E-state index is 12.1. The van der Waals surface area contributed by atoms with E-state index in [0.29, 0.717) is 10.0 Å². The molecule has 0 fully saturated rings. The van der Waals surface area contributed by atoms with Crippen molar-refractivity contribution in [3.63, 3.8) is 0 Å². The summed E-state index contributed by atoms with van der Waals surface area (Å²) in [5, 5.41) is 9.32. The zero-order valence-corrected chi connectivity index (χ0v) is 12.3. The summed E-state index contributed by atoms with van der Waals surface area (Å²) in [6.45, 7) is 0.123. The van der Waals surface area contributed by atoms with E-state index in [-0.39, 0.29) is 17.2 Å². The van der Waals surface area contributed by atoms with Crippen molar-refractivity contribution >= 4 is 26.0 Å². The largest absolute Gasteiger partial charge is 0.508 e. The molecule has 0 aliphatic heterocycles. The molecule has 0 unspecified atom stereocenters. The molecule has 0 heterocycles. The van der Waals surface area contributed by atoms with E-state index in [1.165, 1.54) is 18.2 Å². The molecule has 0 saturated carbocycles. The van der Waals surface area contributed by atoms with Gasteiger partial charge >= 0.3 is 0 Å². The molecule has 0 spiro atoms. The van der Waals surface area contributed by atoms with Gasteiger partial charge in [0.2, 0.25) is 10.0 Å². The Balaban J connectivity index is 2.17. The van der Waals surface area contributed by atoms with Crippen molar-refractivity contribution in [3.05, 3.63) is 58.6 Å². The monoisotopic (exact) mass is 341 g/mol. The first-order chi connectivity index (χ1) is 8.99. The first kappa shape index (κ1) is 14.0. The van der Waals surface area contributed by atoms with Gasteiger partial charge in [-0.3, -0.25) is 0 Å². The van der Waals surface area contributed by atoms with E-state index in [2.05, 4.69) is 20.7 Å². The van der Waals surface area contributed by atoms with Crippen molar-refractivity contribution in [1.29, 1.82) is 0 Å². The fraction of sp³-hybridized carbons (Fsp3) is 0.0769. The predicted octanol–water partition coefficient (Wildman–Crippen LogP) is 2.63. The van der Waals surface area contributed by atoms with Gasteiger partial charge in [-0.25, -0.2) is 13.1 Å². The number of halogens is 1. The molecule has 0 bridgehead atoms. The smallest absolute Gasteiger partial charge is 0.241 e. The van der Waals surface area contributed by atoms with Gasteiger partial charge in [-0.15, -0.1) is 0 Å². The van der Waals surface area contributed by atoms with Gasteiger partial charge in [0.15, 0.2) is 0 Å². The van der Waals surface area contributed by atoms with E-state index >= 15 is 0 Å². The van der Waals surface area contributed by atoms with Gasteiger partial charge in [-0.2, -0.15) is 0 Å². The van der Waals surface area contributed by atoms with Gasteiger partial charge in [0, 0.05) is 11.0 Å². The minimum absolute atomic E-state index is 0.109. The number of aromatic hydroxyl groups is 1. The van der Waals surface area contributed by atoms with E-state index in [1.807, 2.05) is 0 Å². The van der Waals surface area contributed by atoms with Crippen LogP contribution in [0.15, 0.2) is 57.9 Å². The molecule has 0 aliphatic carbocycles. The molecule has 0 aromatic heterocycles. The number of sulfonamides is 1. The highest BCUT2D eigenvalue weighted by Crippen LogP contribution is 2.21. The summed E-state index contributed by atoms with van der Waals surface area (Å²) in [5.41, 5.74) is 0.690. The Hall–Kier alpha value is -1.37. The van der Waals surface area contributed by atoms with Crippen LogP contribution in [0.4, 0.5) is 0 Å². The standard InChI is InChI=1S/C13H12BrNO3S/c14-12-6-1-2-7-13(12)19(17,18)15-9-10-4-3-5-11(16)8-10/h1-8,15-16H,9H2. The highest BCUT2D eigenvalue weighted by Gasteiger charge is 2.16. The zero-order valence-electron chi connectivity index (χ0n) is 9.88. The normalized spacial score (nSPS) is 11.4. The second-order valence-corrected chi connectivity index (χ2v) is 6.51. The SMILES string of the molecule is O=S(=O)(NCc1cccc(O)c1)c1ccccc1Br. The van der Waals surface area contributed by atoms with Crippen molar-refractivity contribution in [1.82, 2.24) is 4.72 Å². The maximum Gasteiger partial charge on any atom is 0.241 e. The summed E-state index contributed by atoms with van der Waals surface area (Å²) < 4.78 is 27.2. The third-order valence-corrected chi connectivity index (χ3v) is 4.92. The Kier molecular flexibility index (Phi) is 4.24. The Morgan fingerprint density at radius 3 is 2.53 bits per heavy atom. The van der Waals surface area contributed by atoms with E-state index in [1.54, 1.807) is 30.3 Å². The van der Waals surface area contributed by atoms with Crippen molar-refractivity contribution < 1.29 is 13.5 Å². The number of rotatable bonds is 4. The van der Waals surface area contributed by atoms with Crippen molar-refractivity contribution in [2.24, 2.45) is 0 Å². The average molecular weight is 342 g/mol. The van der Waals surface area contributed by atoms with Crippen molar-refractivity contribution in [2.45, 2.75) is 11.4 Å². The molecule has 4 nitrogen and oxygen atoms in total. The second-order valence-electron chi connectivity index (χ2n) is 3.92. The molecule has 0 atom stereocenters. The van der Waals surface area contributed by atoms with Crippen LogP contribution in [0.2, 0.25) is 0 Å². The lowest BCUT2D eigenvalue weighted by molar-refractivity contribution is 0.474. The van der Waals surface area contributed by atoms with E-state index < -0.39 is 10.0 Å². The Bertz CT molecular complexity index is 686. The van der Waals surface area contributed by atoms with E-state index in [0.717, 1.165) is 0 Å². The number of hydrogen-bond donors (Lipinski definition) is 2. The van der Waals surface area contributed by atoms with Crippen LogP contribution in [0.25, 0.3) is 0 Å². The maximum atomic E-state index is 12.1. The highest BCUT2D eigenvalue weighted by molar-refractivity contribution is 9.10. The van der Waals surface area contributed by atoms with Crippen molar-refractivity contribution in [2.75, 3.05) is 0 Å². The lowest BCUT2D eigenvalue weighted by Crippen LogP contribution is -2.23. The molecule has 2 aromatic rings. The molecule has 2 aromatic carbocycles. The van der Waals surface area contributed by atoms with Gasteiger partial charge in [0.25, 0.3) is 0 Å². The Labute approximate surface area is 120 Å².